The summed E-state index contributed by atoms with van der Waals surface area (Å²) in [6.45, 7) is 0. The van der Waals surface area contributed by atoms with Crippen LogP contribution in [0.5, 0.6) is 0 Å². The fourth-order valence-electron chi connectivity index (χ4n) is 0.371. The van der Waals surface area contributed by atoms with Crippen molar-refractivity contribution in [3.05, 3.63) is 0 Å². The van der Waals surface area contributed by atoms with E-state index in [0.29, 0.717) is 0 Å². The summed E-state index contributed by atoms with van der Waals surface area (Å²) < 4.78 is 57.8. The van der Waals surface area contributed by atoms with E-state index in [2.05, 4.69) is 6.42 Å². The minimum atomic E-state index is -5.48. The highest BCUT2D eigenvalue weighted by Crippen LogP contribution is 2.38. The van der Waals surface area contributed by atoms with E-state index in [9.17, 15) is 22.0 Å². The van der Waals surface area contributed by atoms with Crippen LogP contribution in [0.4, 0.5) is 22.0 Å². The largest absolute Gasteiger partial charge is 0.453 e. The molecule has 0 atom stereocenters. The van der Waals surface area contributed by atoms with Gasteiger partial charge in [-0.05, 0) is 0 Å². The van der Waals surface area contributed by atoms with Gasteiger partial charge >= 0.3 is 12.1 Å². The van der Waals surface area contributed by atoms with Gasteiger partial charge in [-0.2, -0.15) is 22.0 Å². The molecule has 0 radical (unpaired) electrons. The maximum absolute atomic E-state index is 11.9. The van der Waals surface area contributed by atoms with E-state index in [4.69, 9.17) is 0 Å². The Bertz CT molecular complexity index is 161. The van der Waals surface area contributed by atoms with E-state index >= 15 is 0 Å². The van der Waals surface area contributed by atoms with Gasteiger partial charge in [-0.25, -0.2) is 0 Å². The molecule has 0 spiro atoms. The molecule has 0 heterocycles. The molecule has 0 aromatic heterocycles. The van der Waals surface area contributed by atoms with Gasteiger partial charge in [0.1, 0.15) is 0 Å². The Morgan fingerprint density at radius 3 is 1.82 bits per heavy atom. The molecule has 5 heteroatoms. The quantitative estimate of drug-likeness (QED) is 0.443. The van der Waals surface area contributed by atoms with Crippen LogP contribution in [0, 0.1) is 12.3 Å². The SMILES string of the molecule is C#CCCC(F)(F)C(F)(F)F. The molecule has 11 heavy (non-hydrogen) atoms. The van der Waals surface area contributed by atoms with Crippen molar-refractivity contribution in [2.24, 2.45) is 0 Å². The maximum atomic E-state index is 11.9. The lowest BCUT2D eigenvalue weighted by Crippen LogP contribution is -2.35. The van der Waals surface area contributed by atoms with Gasteiger partial charge < -0.3 is 0 Å². The fraction of sp³-hybridized carbons (Fsp3) is 0.667. The average Bonchev–Trinajstić information content (AvgIpc) is 1.81. The van der Waals surface area contributed by atoms with Gasteiger partial charge in [0.2, 0.25) is 0 Å². The Hall–Kier alpha value is -0.790. The standard InChI is InChI=1S/C6H5F5/c1-2-3-4-5(7,8)6(9,10)11/h1H,3-4H2. The minimum absolute atomic E-state index is 0.577. The Kier molecular flexibility index (Phi) is 2.85. The third-order valence-electron chi connectivity index (χ3n) is 0.998. The number of halogens is 5. The highest BCUT2D eigenvalue weighted by atomic mass is 19.4. The van der Waals surface area contributed by atoms with E-state index in [0.717, 1.165) is 0 Å². The molecule has 0 saturated heterocycles. The van der Waals surface area contributed by atoms with E-state index in [1.165, 1.54) is 0 Å². The molecule has 64 valence electrons. The lowest BCUT2D eigenvalue weighted by molar-refractivity contribution is -0.283. The number of terminal acetylenes is 1. The van der Waals surface area contributed by atoms with Crippen molar-refractivity contribution < 1.29 is 22.0 Å². The molecule has 0 unspecified atom stereocenters. The van der Waals surface area contributed by atoms with Crippen molar-refractivity contribution in [3.8, 4) is 12.3 Å². The summed E-state index contributed by atoms with van der Waals surface area (Å²) in [5.41, 5.74) is 0. The Balaban J connectivity index is 4.13. The molecular formula is C6H5F5. The highest BCUT2D eigenvalue weighted by Gasteiger charge is 2.56. The van der Waals surface area contributed by atoms with Crippen LogP contribution in [0.15, 0.2) is 0 Å². The van der Waals surface area contributed by atoms with Crippen molar-refractivity contribution in [2.75, 3.05) is 0 Å². The second kappa shape index (κ2) is 3.07. The van der Waals surface area contributed by atoms with E-state index in [1.807, 2.05) is 0 Å². The third kappa shape index (κ3) is 2.74. The van der Waals surface area contributed by atoms with Crippen molar-refractivity contribution in [1.29, 1.82) is 0 Å². The first-order chi connectivity index (χ1) is 4.81. The number of rotatable bonds is 2. The molecule has 0 fully saturated rings. The van der Waals surface area contributed by atoms with Gasteiger partial charge in [0.15, 0.2) is 0 Å². The van der Waals surface area contributed by atoms with Crippen molar-refractivity contribution in [3.63, 3.8) is 0 Å². The monoisotopic (exact) mass is 172 g/mol. The summed E-state index contributed by atoms with van der Waals surface area (Å²) in [6.07, 6.45) is -2.87. The van der Waals surface area contributed by atoms with Gasteiger partial charge in [0, 0.05) is 12.8 Å². The zero-order valence-electron chi connectivity index (χ0n) is 5.38. The first-order valence-electron chi connectivity index (χ1n) is 2.69. The van der Waals surface area contributed by atoms with E-state index in [1.54, 1.807) is 5.92 Å². The zero-order valence-corrected chi connectivity index (χ0v) is 5.38. The Morgan fingerprint density at radius 2 is 1.55 bits per heavy atom. The summed E-state index contributed by atoms with van der Waals surface area (Å²) in [4.78, 5) is 0. The number of alkyl halides is 5. The van der Waals surface area contributed by atoms with Gasteiger partial charge in [-0.15, -0.1) is 12.3 Å². The number of hydrogen-bond donors (Lipinski definition) is 0. The molecule has 0 N–H and O–H groups in total. The molecule has 0 rings (SSSR count). The summed E-state index contributed by atoms with van der Waals surface area (Å²) in [7, 11) is 0. The van der Waals surface area contributed by atoms with Crippen LogP contribution in [0.3, 0.4) is 0 Å². The van der Waals surface area contributed by atoms with Crippen LogP contribution in [0.1, 0.15) is 12.8 Å². The molecule has 0 amide bonds. The first-order valence-corrected chi connectivity index (χ1v) is 2.69. The smallest absolute Gasteiger partial charge is 0.196 e. The number of hydrogen-bond acceptors (Lipinski definition) is 0. The van der Waals surface area contributed by atoms with Gasteiger partial charge in [-0.1, -0.05) is 0 Å². The van der Waals surface area contributed by atoms with Crippen molar-refractivity contribution in [2.45, 2.75) is 24.9 Å². The lowest BCUT2D eigenvalue weighted by Gasteiger charge is -2.17. The van der Waals surface area contributed by atoms with Crippen LogP contribution in [-0.2, 0) is 0 Å². The molecule has 0 saturated carbocycles. The summed E-state index contributed by atoms with van der Waals surface area (Å²) in [5, 5.41) is 0. The predicted molar refractivity (Wildman–Crippen MR) is 29.1 cm³/mol. The molecule has 0 aliphatic heterocycles. The molecule has 0 bridgehead atoms. The van der Waals surface area contributed by atoms with Gasteiger partial charge in [0.05, 0.1) is 0 Å². The molecule has 0 aliphatic carbocycles. The van der Waals surface area contributed by atoms with Crippen LogP contribution in [-0.4, -0.2) is 12.1 Å². The Labute approximate surface area is 60.4 Å². The highest BCUT2D eigenvalue weighted by molar-refractivity contribution is 4.88. The van der Waals surface area contributed by atoms with Gasteiger partial charge in [0.25, 0.3) is 0 Å². The van der Waals surface area contributed by atoms with Crippen LogP contribution in [0.25, 0.3) is 0 Å². The maximum Gasteiger partial charge on any atom is 0.453 e. The molecule has 0 aliphatic rings. The predicted octanol–water partition coefficient (Wildman–Crippen LogP) is 2.60. The normalized spacial score (nSPS) is 12.7. The zero-order chi connectivity index (χ0) is 9.12. The topological polar surface area (TPSA) is 0 Å². The molecule has 0 aromatic carbocycles. The Morgan fingerprint density at radius 1 is 1.09 bits per heavy atom. The summed E-state index contributed by atoms with van der Waals surface area (Å²) >= 11 is 0. The summed E-state index contributed by atoms with van der Waals surface area (Å²) in [5.74, 6) is -2.94. The molecule has 0 nitrogen and oxygen atoms in total. The van der Waals surface area contributed by atoms with Crippen LogP contribution < -0.4 is 0 Å². The van der Waals surface area contributed by atoms with Crippen LogP contribution in [0.2, 0.25) is 0 Å². The molecule has 0 aromatic rings. The second-order valence-corrected chi connectivity index (χ2v) is 1.91. The van der Waals surface area contributed by atoms with Crippen molar-refractivity contribution in [1.82, 2.24) is 0 Å². The first kappa shape index (κ1) is 10.2. The summed E-state index contributed by atoms with van der Waals surface area (Å²) in [6, 6.07) is 0. The van der Waals surface area contributed by atoms with Gasteiger partial charge in [-0.3, -0.25) is 0 Å². The fourth-order valence-corrected chi connectivity index (χ4v) is 0.371. The average molecular weight is 172 g/mol. The lowest BCUT2D eigenvalue weighted by atomic mass is 10.2. The molecular weight excluding hydrogens is 167 g/mol. The second-order valence-electron chi connectivity index (χ2n) is 1.91. The van der Waals surface area contributed by atoms with E-state index < -0.39 is 24.9 Å². The van der Waals surface area contributed by atoms with E-state index in [-0.39, 0.29) is 0 Å². The van der Waals surface area contributed by atoms with Crippen LogP contribution >= 0.6 is 0 Å². The van der Waals surface area contributed by atoms with Crippen molar-refractivity contribution >= 4 is 0 Å². The minimum Gasteiger partial charge on any atom is -0.196 e. The third-order valence-corrected chi connectivity index (χ3v) is 0.998.